The van der Waals surface area contributed by atoms with Crippen molar-refractivity contribution in [1.29, 1.82) is 0 Å². The van der Waals surface area contributed by atoms with Crippen LogP contribution in [0.1, 0.15) is 29.9 Å². The summed E-state index contributed by atoms with van der Waals surface area (Å²) in [7, 11) is 0. The maximum absolute atomic E-state index is 15.4. The molecule has 0 bridgehead atoms. The molecule has 180 valence electrons. The second kappa shape index (κ2) is 10.1. The van der Waals surface area contributed by atoms with E-state index in [0.717, 1.165) is 24.0 Å². The molecule has 1 fully saturated rings. The minimum atomic E-state index is -0.434. The number of carbonyl (C=O) groups excluding carboxylic acids is 1. The number of nitrogens with zero attached hydrogens (tertiary/aromatic N) is 3. The molecule has 8 heteroatoms. The summed E-state index contributed by atoms with van der Waals surface area (Å²) in [6.45, 7) is 1.42. The van der Waals surface area contributed by atoms with Crippen LogP contribution in [0.2, 0.25) is 0 Å². The molecular formula is C27H26F2N4O2. The van der Waals surface area contributed by atoms with Crippen LogP contribution in [0.3, 0.4) is 0 Å². The van der Waals surface area contributed by atoms with E-state index < -0.39 is 5.83 Å². The SMILES string of the molecule is O=C(C1=CN(c2ccon2)CC(F)=C1NCc1ccccc1)N1CCC(c2ccc(F)cc2)CC1. The Morgan fingerprint density at radius 3 is 2.46 bits per heavy atom. The van der Waals surface area contributed by atoms with E-state index in [1.165, 1.54) is 18.4 Å². The second-order valence-electron chi connectivity index (χ2n) is 8.77. The molecule has 3 aromatic rings. The first-order valence-electron chi connectivity index (χ1n) is 11.7. The van der Waals surface area contributed by atoms with Crippen LogP contribution >= 0.6 is 0 Å². The van der Waals surface area contributed by atoms with Crippen molar-refractivity contribution < 1.29 is 18.1 Å². The van der Waals surface area contributed by atoms with E-state index in [4.69, 9.17) is 4.52 Å². The number of nitrogens with one attached hydrogen (secondary N) is 1. The molecule has 0 radical (unpaired) electrons. The fourth-order valence-electron chi connectivity index (χ4n) is 4.60. The topological polar surface area (TPSA) is 61.6 Å². The van der Waals surface area contributed by atoms with Crippen molar-refractivity contribution in [3.05, 3.63) is 107 Å². The highest BCUT2D eigenvalue weighted by Gasteiger charge is 2.32. The Labute approximate surface area is 202 Å². The van der Waals surface area contributed by atoms with Crippen molar-refractivity contribution in [3.63, 3.8) is 0 Å². The number of anilines is 1. The highest BCUT2D eigenvalue weighted by atomic mass is 19.1. The quantitative estimate of drug-likeness (QED) is 0.549. The van der Waals surface area contributed by atoms with Crippen molar-refractivity contribution in [3.8, 4) is 0 Å². The van der Waals surface area contributed by atoms with Gasteiger partial charge in [0.1, 0.15) is 17.9 Å². The molecule has 2 aliphatic heterocycles. The first-order valence-corrected chi connectivity index (χ1v) is 11.7. The van der Waals surface area contributed by atoms with Gasteiger partial charge in [-0.3, -0.25) is 4.79 Å². The fraction of sp³-hybridized carbons (Fsp3) is 0.259. The summed E-state index contributed by atoms with van der Waals surface area (Å²) in [6.07, 6.45) is 4.57. The Hall–Kier alpha value is -3.94. The number of piperidine rings is 1. The van der Waals surface area contributed by atoms with Gasteiger partial charge in [-0.2, -0.15) is 0 Å². The molecule has 1 N–H and O–H groups in total. The van der Waals surface area contributed by atoms with Crippen molar-refractivity contribution in [2.75, 3.05) is 24.5 Å². The van der Waals surface area contributed by atoms with Gasteiger partial charge in [0, 0.05) is 31.9 Å². The van der Waals surface area contributed by atoms with E-state index in [9.17, 15) is 9.18 Å². The van der Waals surface area contributed by atoms with Crippen LogP contribution in [0.5, 0.6) is 0 Å². The molecule has 2 aromatic carbocycles. The van der Waals surface area contributed by atoms with E-state index in [1.54, 1.807) is 34.2 Å². The zero-order valence-electron chi connectivity index (χ0n) is 19.2. The second-order valence-corrected chi connectivity index (χ2v) is 8.77. The van der Waals surface area contributed by atoms with Crippen LogP contribution in [-0.4, -0.2) is 35.6 Å². The molecule has 6 nitrogen and oxygen atoms in total. The summed E-state index contributed by atoms with van der Waals surface area (Å²) >= 11 is 0. The zero-order valence-corrected chi connectivity index (χ0v) is 19.2. The van der Waals surface area contributed by atoms with Gasteiger partial charge in [-0.05, 0) is 42.0 Å². The van der Waals surface area contributed by atoms with Gasteiger partial charge in [-0.1, -0.05) is 47.6 Å². The van der Waals surface area contributed by atoms with E-state index in [0.29, 0.717) is 25.5 Å². The molecule has 1 saturated heterocycles. The van der Waals surface area contributed by atoms with Crippen molar-refractivity contribution >= 4 is 11.7 Å². The Morgan fingerprint density at radius 2 is 1.77 bits per heavy atom. The fourth-order valence-corrected chi connectivity index (χ4v) is 4.60. The van der Waals surface area contributed by atoms with Crippen LogP contribution in [-0.2, 0) is 11.3 Å². The van der Waals surface area contributed by atoms with Crippen LogP contribution < -0.4 is 10.2 Å². The molecule has 35 heavy (non-hydrogen) atoms. The number of aromatic nitrogens is 1. The molecule has 0 atom stereocenters. The largest absolute Gasteiger partial charge is 0.378 e. The maximum atomic E-state index is 15.4. The van der Waals surface area contributed by atoms with Crippen LogP contribution in [0, 0.1) is 5.82 Å². The lowest BCUT2D eigenvalue weighted by atomic mass is 9.89. The first-order chi connectivity index (χ1) is 17.1. The Kier molecular flexibility index (Phi) is 6.61. The maximum Gasteiger partial charge on any atom is 0.257 e. The predicted molar refractivity (Wildman–Crippen MR) is 128 cm³/mol. The van der Waals surface area contributed by atoms with E-state index in [1.807, 2.05) is 30.3 Å². The predicted octanol–water partition coefficient (Wildman–Crippen LogP) is 4.89. The molecule has 0 aliphatic carbocycles. The summed E-state index contributed by atoms with van der Waals surface area (Å²) in [4.78, 5) is 17.0. The standard InChI is InChI=1S/C27H26F2N4O2/c28-22-8-6-20(7-9-22)21-10-13-32(14-11-21)27(34)23-17-33(25-12-15-35-31-25)18-24(29)26(23)30-16-19-4-2-1-3-5-19/h1-9,12,15,17,21,30H,10-11,13-14,16,18H2. The third-order valence-corrected chi connectivity index (χ3v) is 6.52. The molecule has 1 aromatic heterocycles. The molecule has 1 amide bonds. The van der Waals surface area contributed by atoms with E-state index in [-0.39, 0.29) is 35.5 Å². The van der Waals surface area contributed by atoms with Crippen molar-refractivity contribution in [1.82, 2.24) is 15.4 Å². The third-order valence-electron chi connectivity index (χ3n) is 6.52. The number of hydrogen-bond acceptors (Lipinski definition) is 5. The normalized spacial score (nSPS) is 16.9. The number of amides is 1. The lowest BCUT2D eigenvalue weighted by Crippen LogP contribution is -2.42. The first kappa shape index (κ1) is 22.8. The molecule has 2 aliphatic rings. The number of halogens is 2. The average molecular weight is 477 g/mol. The number of carbonyl (C=O) groups is 1. The summed E-state index contributed by atoms with van der Waals surface area (Å²) in [5.74, 6) is -0.235. The number of likely N-dealkylation sites (tertiary alicyclic amines) is 1. The van der Waals surface area contributed by atoms with Gasteiger partial charge < -0.3 is 19.6 Å². The zero-order chi connectivity index (χ0) is 24.2. The smallest absolute Gasteiger partial charge is 0.257 e. The van der Waals surface area contributed by atoms with Gasteiger partial charge in [0.05, 0.1) is 17.8 Å². The van der Waals surface area contributed by atoms with Gasteiger partial charge in [-0.15, -0.1) is 0 Å². The Bertz CT molecular complexity index is 1220. The Morgan fingerprint density at radius 1 is 1.03 bits per heavy atom. The average Bonchev–Trinajstić information content (AvgIpc) is 3.44. The molecule has 0 unspecified atom stereocenters. The van der Waals surface area contributed by atoms with Gasteiger partial charge in [0.25, 0.3) is 5.91 Å². The van der Waals surface area contributed by atoms with Crippen LogP contribution in [0.15, 0.2) is 94.7 Å². The van der Waals surface area contributed by atoms with Crippen LogP contribution in [0.4, 0.5) is 14.6 Å². The van der Waals surface area contributed by atoms with Crippen LogP contribution in [0.25, 0.3) is 0 Å². The minimum Gasteiger partial charge on any atom is -0.378 e. The molecular weight excluding hydrogens is 450 g/mol. The summed E-state index contributed by atoms with van der Waals surface area (Å²) in [6, 6.07) is 17.8. The highest BCUT2D eigenvalue weighted by Crippen LogP contribution is 2.31. The number of rotatable bonds is 6. The van der Waals surface area contributed by atoms with E-state index >= 15 is 4.39 Å². The van der Waals surface area contributed by atoms with Gasteiger partial charge in [0.2, 0.25) is 0 Å². The number of benzene rings is 2. The summed E-state index contributed by atoms with van der Waals surface area (Å²) in [5, 5.41) is 7.04. The molecule has 3 heterocycles. The molecule has 0 spiro atoms. The van der Waals surface area contributed by atoms with Gasteiger partial charge >= 0.3 is 0 Å². The monoisotopic (exact) mass is 476 g/mol. The molecule has 5 rings (SSSR count). The Balaban J connectivity index is 1.34. The molecule has 0 saturated carbocycles. The third kappa shape index (κ3) is 5.11. The van der Waals surface area contributed by atoms with Crippen molar-refractivity contribution in [2.24, 2.45) is 0 Å². The lowest BCUT2D eigenvalue weighted by Gasteiger charge is -2.34. The summed E-state index contributed by atoms with van der Waals surface area (Å²) < 4.78 is 33.6. The minimum absolute atomic E-state index is 0.0485. The lowest BCUT2D eigenvalue weighted by molar-refractivity contribution is -0.128. The van der Waals surface area contributed by atoms with Gasteiger partial charge in [-0.25, -0.2) is 8.78 Å². The summed E-state index contributed by atoms with van der Waals surface area (Å²) in [5.41, 5.74) is 2.52. The van der Waals surface area contributed by atoms with Crippen molar-refractivity contribution in [2.45, 2.75) is 25.3 Å². The highest BCUT2D eigenvalue weighted by molar-refractivity contribution is 5.98. The van der Waals surface area contributed by atoms with E-state index in [2.05, 4.69) is 10.5 Å². The van der Waals surface area contributed by atoms with Gasteiger partial charge in [0.15, 0.2) is 5.82 Å². The number of hydrogen-bond donors (Lipinski definition) is 1.